The fraction of sp³-hybridized carbons (Fsp3) is 0.357. The summed E-state index contributed by atoms with van der Waals surface area (Å²) in [5.41, 5.74) is 9.30. The maximum Gasteiger partial charge on any atom is 0.108 e. The highest BCUT2D eigenvalue weighted by Crippen LogP contribution is 2.16. The van der Waals surface area contributed by atoms with Gasteiger partial charge in [-0.3, -0.25) is 15.1 Å². The minimum atomic E-state index is 0.384. The van der Waals surface area contributed by atoms with Gasteiger partial charge in [0.05, 0.1) is 17.8 Å². The van der Waals surface area contributed by atoms with Crippen molar-refractivity contribution in [2.24, 2.45) is 10.7 Å². The van der Waals surface area contributed by atoms with Crippen LogP contribution in [0, 0.1) is 0 Å². The predicted octanol–water partition coefficient (Wildman–Crippen LogP) is 1.08. The molecule has 0 aliphatic carbocycles. The lowest BCUT2D eigenvalue weighted by Gasteiger charge is -2.18. The second-order valence-corrected chi connectivity index (χ2v) is 4.91. The molecule has 20 heavy (non-hydrogen) atoms. The quantitative estimate of drug-likeness (QED) is 0.728. The van der Waals surface area contributed by atoms with Crippen molar-refractivity contribution in [2.45, 2.75) is 18.9 Å². The second-order valence-electron chi connectivity index (χ2n) is 4.91. The van der Waals surface area contributed by atoms with Gasteiger partial charge < -0.3 is 11.1 Å². The van der Waals surface area contributed by atoms with E-state index in [0.29, 0.717) is 6.04 Å². The molecule has 3 heterocycles. The Labute approximate surface area is 117 Å². The molecule has 1 saturated heterocycles. The Hall–Kier alpha value is -2.21. The van der Waals surface area contributed by atoms with Crippen LogP contribution < -0.4 is 11.1 Å². The first-order chi connectivity index (χ1) is 9.86. The van der Waals surface area contributed by atoms with E-state index in [1.165, 1.54) is 0 Å². The molecule has 0 radical (unpaired) electrons. The number of nitrogens with one attached hydrogen (secondary N) is 2. The van der Waals surface area contributed by atoms with Gasteiger partial charge in [-0.15, -0.1) is 0 Å². The molecule has 104 valence electrons. The third-order valence-electron chi connectivity index (χ3n) is 3.54. The summed E-state index contributed by atoms with van der Waals surface area (Å²) >= 11 is 0. The van der Waals surface area contributed by atoms with E-state index in [0.717, 1.165) is 48.1 Å². The number of H-pyrrole nitrogens is 1. The van der Waals surface area contributed by atoms with E-state index >= 15 is 0 Å². The first-order valence-electron chi connectivity index (χ1n) is 6.82. The minimum Gasteiger partial charge on any atom is -0.404 e. The van der Waals surface area contributed by atoms with Crippen molar-refractivity contribution in [1.82, 2.24) is 20.5 Å². The van der Waals surface area contributed by atoms with Crippen LogP contribution in [0.4, 0.5) is 0 Å². The summed E-state index contributed by atoms with van der Waals surface area (Å²) in [6, 6.07) is 2.37. The van der Waals surface area contributed by atoms with Crippen LogP contribution in [-0.2, 0) is 0 Å². The summed E-state index contributed by atoms with van der Waals surface area (Å²) < 4.78 is 0. The molecule has 1 aliphatic heterocycles. The fourth-order valence-corrected chi connectivity index (χ4v) is 2.34. The normalized spacial score (nSPS) is 18.1. The molecule has 0 spiro atoms. The Bertz CT molecular complexity index is 636. The Balaban J connectivity index is 1.80. The van der Waals surface area contributed by atoms with Gasteiger partial charge in [0, 0.05) is 29.7 Å². The number of aliphatic imine (C=N–C) groups is 1. The number of hydrogen-bond donors (Lipinski definition) is 3. The van der Waals surface area contributed by atoms with E-state index in [2.05, 4.69) is 25.5 Å². The average Bonchev–Trinajstić information content (AvgIpc) is 2.96. The lowest BCUT2D eigenvalue weighted by Crippen LogP contribution is -2.29. The van der Waals surface area contributed by atoms with Crippen molar-refractivity contribution >= 4 is 22.8 Å². The van der Waals surface area contributed by atoms with Crippen molar-refractivity contribution < 1.29 is 0 Å². The minimum absolute atomic E-state index is 0.384. The van der Waals surface area contributed by atoms with Gasteiger partial charge in [0.1, 0.15) is 5.52 Å². The van der Waals surface area contributed by atoms with Crippen LogP contribution in [0.2, 0.25) is 0 Å². The lowest BCUT2D eigenvalue weighted by atomic mass is 10.1. The molecule has 3 rings (SSSR count). The van der Waals surface area contributed by atoms with Gasteiger partial charge in [-0.2, -0.15) is 5.10 Å². The molecule has 0 amide bonds. The molecule has 1 fully saturated rings. The van der Waals surface area contributed by atoms with E-state index < -0.39 is 0 Å². The maximum absolute atomic E-state index is 5.72. The van der Waals surface area contributed by atoms with Gasteiger partial charge in [0.15, 0.2) is 0 Å². The molecule has 2 aromatic heterocycles. The highest BCUT2D eigenvalue weighted by Gasteiger charge is 2.11. The highest BCUT2D eigenvalue weighted by molar-refractivity contribution is 6.10. The van der Waals surface area contributed by atoms with Crippen LogP contribution in [0.3, 0.4) is 0 Å². The summed E-state index contributed by atoms with van der Waals surface area (Å²) in [5.74, 6) is 0. The standard InChI is InChI=1S/C14H18N6/c15-6-11(8-17-12-1-3-16-4-2-12)10-5-13-14(18-7-10)9-19-20-13/h5-9,12,16H,1-4,15H2,(H,19,20). The van der Waals surface area contributed by atoms with E-state index in [1.807, 2.05) is 12.3 Å². The SMILES string of the molecule is NC=C(C=NC1CCNCC1)c1cnc2cn[nH]c2c1. The summed E-state index contributed by atoms with van der Waals surface area (Å²) in [7, 11) is 0. The van der Waals surface area contributed by atoms with Crippen LogP contribution in [0.5, 0.6) is 0 Å². The third kappa shape index (κ3) is 2.70. The number of pyridine rings is 1. The molecule has 0 atom stereocenters. The number of rotatable bonds is 3. The van der Waals surface area contributed by atoms with Crippen molar-refractivity contribution in [1.29, 1.82) is 0 Å². The van der Waals surface area contributed by atoms with Crippen LogP contribution in [0.1, 0.15) is 18.4 Å². The summed E-state index contributed by atoms with van der Waals surface area (Å²) in [5, 5.41) is 10.2. The Kier molecular flexibility index (Phi) is 3.73. The number of nitrogens with two attached hydrogens (primary N) is 1. The van der Waals surface area contributed by atoms with E-state index in [1.54, 1.807) is 18.6 Å². The Morgan fingerprint density at radius 2 is 2.20 bits per heavy atom. The van der Waals surface area contributed by atoms with Crippen molar-refractivity contribution in [3.8, 4) is 0 Å². The van der Waals surface area contributed by atoms with E-state index in [4.69, 9.17) is 5.73 Å². The molecule has 0 unspecified atom stereocenters. The number of piperidine rings is 1. The second kappa shape index (κ2) is 5.83. The number of allylic oxidation sites excluding steroid dienone is 1. The average molecular weight is 270 g/mol. The first-order valence-corrected chi connectivity index (χ1v) is 6.82. The highest BCUT2D eigenvalue weighted by atomic mass is 15.1. The van der Waals surface area contributed by atoms with Crippen LogP contribution in [0.15, 0.2) is 29.7 Å². The van der Waals surface area contributed by atoms with Gasteiger partial charge in [-0.05, 0) is 32.0 Å². The maximum atomic E-state index is 5.72. The Morgan fingerprint density at radius 3 is 3.00 bits per heavy atom. The zero-order valence-electron chi connectivity index (χ0n) is 11.2. The molecular weight excluding hydrogens is 252 g/mol. The summed E-state index contributed by atoms with van der Waals surface area (Å²) in [4.78, 5) is 8.97. The number of hydrogen-bond acceptors (Lipinski definition) is 5. The van der Waals surface area contributed by atoms with Gasteiger partial charge in [0.25, 0.3) is 0 Å². The molecular formula is C14H18N6. The molecule has 6 heteroatoms. The third-order valence-corrected chi connectivity index (χ3v) is 3.54. The monoisotopic (exact) mass is 270 g/mol. The van der Waals surface area contributed by atoms with Gasteiger partial charge in [0.2, 0.25) is 0 Å². The number of nitrogens with zero attached hydrogens (tertiary/aromatic N) is 3. The zero-order valence-corrected chi connectivity index (χ0v) is 11.2. The van der Waals surface area contributed by atoms with Gasteiger partial charge in [-0.1, -0.05) is 0 Å². The van der Waals surface area contributed by atoms with Crippen LogP contribution >= 0.6 is 0 Å². The van der Waals surface area contributed by atoms with Gasteiger partial charge in [-0.25, -0.2) is 0 Å². The largest absolute Gasteiger partial charge is 0.404 e. The Morgan fingerprint density at radius 1 is 1.35 bits per heavy atom. The van der Waals surface area contributed by atoms with Crippen LogP contribution in [0.25, 0.3) is 16.6 Å². The van der Waals surface area contributed by atoms with E-state index in [9.17, 15) is 0 Å². The molecule has 6 nitrogen and oxygen atoms in total. The molecule has 0 saturated carbocycles. The predicted molar refractivity (Wildman–Crippen MR) is 80.4 cm³/mol. The van der Waals surface area contributed by atoms with Crippen LogP contribution in [-0.4, -0.2) is 40.5 Å². The smallest absolute Gasteiger partial charge is 0.108 e. The number of aromatic amines is 1. The van der Waals surface area contributed by atoms with Crippen molar-refractivity contribution in [3.05, 3.63) is 30.2 Å². The fourth-order valence-electron chi connectivity index (χ4n) is 2.34. The molecule has 4 N–H and O–H groups in total. The van der Waals surface area contributed by atoms with Gasteiger partial charge >= 0.3 is 0 Å². The lowest BCUT2D eigenvalue weighted by molar-refractivity contribution is 0.461. The molecule has 0 aromatic carbocycles. The summed E-state index contributed by atoms with van der Waals surface area (Å²) in [6.07, 6.45) is 9.08. The first kappa shape index (κ1) is 12.8. The molecule has 0 bridgehead atoms. The van der Waals surface area contributed by atoms with Crippen molar-refractivity contribution in [2.75, 3.05) is 13.1 Å². The molecule has 1 aliphatic rings. The van der Waals surface area contributed by atoms with E-state index in [-0.39, 0.29) is 0 Å². The zero-order chi connectivity index (χ0) is 13.8. The topological polar surface area (TPSA) is 92.0 Å². The molecule has 2 aromatic rings. The van der Waals surface area contributed by atoms with Crippen molar-refractivity contribution in [3.63, 3.8) is 0 Å². The number of fused-ring (bicyclic) bond motifs is 1. The summed E-state index contributed by atoms with van der Waals surface area (Å²) in [6.45, 7) is 2.07. The number of aromatic nitrogens is 3.